The van der Waals surface area contributed by atoms with E-state index in [1.54, 1.807) is 12.6 Å². The number of carbonyl (C=O) groups is 1. The molecule has 0 spiro atoms. The van der Waals surface area contributed by atoms with Crippen LogP contribution in [0.4, 0.5) is 13.2 Å². The Morgan fingerprint density at radius 2 is 1.83 bits per heavy atom. The van der Waals surface area contributed by atoms with Gasteiger partial charge in [0.2, 0.25) is 0 Å². The van der Waals surface area contributed by atoms with Gasteiger partial charge in [0.15, 0.2) is 14.6 Å². The Kier molecular flexibility index (Phi) is 9.81. The highest BCUT2D eigenvalue weighted by molar-refractivity contribution is 7.93. The van der Waals surface area contributed by atoms with Crippen molar-refractivity contribution in [3.8, 4) is 11.4 Å². The van der Waals surface area contributed by atoms with Gasteiger partial charge in [-0.1, -0.05) is 6.07 Å². The summed E-state index contributed by atoms with van der Waals surface area (Å²) >= 11 is 0. The molecule has 1 amide bonds. The van der Waals surface area contributed by atoms with E-state index in [1.807, 2.05) is 4.90 Å². The Morgan fingerprint density at radius 1 is 1.12 bits per heavy atom. The van der Waals surface area contributed by atoms with Crippen LogP contribution in [0.2, 0.25) is 0 Å². The number of aryl methyl sites for hydroxylation is 1. The lowest BCUT2D eigenvalue weighted by atomic mass is 9.95. The van der Waals surface area contributed by atoms with Crippen molar-refractivity contribution in [2.45, 2.75) is 41.6 Å². The summed E-state index contributed by atoms with van der Waals surface area (Å²) < 4.78 is 76.4. The van der Waals surface area contributed by atoms with E-state index in [0.717, 1.165) is 12.1 Å². The molecule has 228 valence electrons. The number of amides is 1. The summed E-state index contributed by atoms with van der Waals surface area (Å²) in [6.45, 7) is 2.33. The predicted octanol–water partition coefficient (Wildman–Crippen LogP) is 1.80. The van der Waals surface area contributed by atoms with Crippen molar-refractivity contribution in [3.05, 3.63) is 60.4 Å². The van der Waals surface area contributed by atoms with Gasteiger partial charge in [-0.15, -0.1) is 4.68 Å². The SMILES string of the molecule is COCCN1CCC(C(=O)NO)(S(=O)(=O)c2ccc(OCCCn3nc[n+](-c4cccc(C(F)(F)F)c4)n3)cc2)CC1. The monoisotopic (exact) mass is 613 g/mol. The number of rotatable bonds is 12. The van der Waals surface area contributed by atoms with Gasteiger partial charge in [0.1, 0.15) is 18.0 Å². The molecule has 4 rings (SSSR count). The van der Waals surface area contributed by atoms with Gasteiger partial charge in [-0.25, -0.2) is 13.9 Å². The van der Waals surface area contributed by atoms with Gasteiger partial charge in [-0.3, -0.25) is 10.0 Å². The molecule has 2 aromatic carbocycles. The first-order valence-corrected chi connectivity index (χ1v) is 14.6. The highest BCUT2D eigenvalue weighted by Crippen LogP contribution is 2.36. The number of sulfone groups is 1. The molecule has 0 unspecified atom stereocenters. The van der Waals surface area contributed by atoms with Gasteiger partial charge in [0.05, 0.1) is 34.0 Å². The molecule has 0 aliphatic carbocycles. The van der Waals surface area contributed by atoms with Gasteiger partial charge >= 0.3 is 6.18 Å². The molecule has 2 heterocycles. The normalized spacial score (nSPS) is 15.8. The number of hydrogen-bond donors (Lipinski definition) is 2. The van der Waals surface area contributed by atoms with E-state index in [2.05, 4.69) is 10.3 Å². The van der Waals surface area contributed by atoms with Crippen molar-refractivity contribution in [3.63, 3.8) is 0 Å². The van der Waals surface area contributed by atoms with Crippen molar-refractivity contribution < 1.29 is 45.7 Å². The van der Waals surface area contributed by atoms with Crippen LogP contribution in [0, 0.1) is 0 Å². The van der Waals surface area contributed by atoms with Crippen molar-refractivity contribution in [1.82, 2.24) is 25.5 Å². The largest absolute Gasteiger partial charge is 0.493 e. The number of nitrogens with zero attached hydrogens (tertiary/aromatic N) is 5. The molecule has 1 aliphatic rings. The number of tetrazole rings is 1. The molecule has 3 aromatic rings. The maximum atomic E-state index is 13.6. The molecule has 1 fully saturated rings. The first-order chi connectivity index (χ1) is 20.0. The number of hydroxylamine groups is 1. The molecule has 2 N–H and O–H groups in total. The minimum absolute atomic E-state index is 0.0128. The second kappa shape index (κ2) is 13.1. The molecule has 12 nitrogen and oxygen atoms in total. The zero-order valence-corrected chi connectivity index (χ0v) is 23.6. The second-order valence-electron chi connectivity index (χ2n) is 9.76. The van der Waals surface area contributed by atoms with Crippen LogP contribution in [0.1, 0.15) is 24.8 Å². The van der Waals surface area contributed by atoms with Gasteiger partial charge in [0.25, 0.3) is 12.2 Å². The molecule has 0 saturated carbocycles. The maximum absolute atomic E-state index is 13.6. The lowest BCUT2D eigenvalue weighted by molar-refractivity contribution is -0.662. The Labute approximate surface area is 240 Å². The number of likely N-dealkylation sites (tertiary alicyclic amines) is 1. The third kappa shape index (κ3) is 6.88. The number of alkyl halides is 3. The topological polar surface area (TPSA) is 140 Å². The van der Waals surface area contributed by atoms with E-state index in [1.165, 1.54) is 52.2 Å². The van der Waals surface area contributed by atoms with Crippen LogP contribution in [0.3, 0.4) is 0 Å². The minimum atomic E-state index is -4.47. The predicted molar refractivity (Wildman–Crippen MR) is 141 cm³/mol. The third-order valence-electron chi connectivity index (χ3n) is 7.14. The average Bonchev–Trinajstić information content (AvgIpc) is 3.47. The van der Waals surface area contributed by atoms with Crippen LogP contribution >= 0.6 is 0 Å². The van der Waals surface area contributed by atoms with Crippen LogP contribution in [0.5, 0.6) is 5.75 Å². The van der Waals surface area contributed by atoms with Crippen LogP contribution in [0.25, 0.3) is 5.69 Å². The van der Waals surface area contributed by atoms with Crippen molar-refractivity contribution >= 4 is 15.7 Å². The quantitative estimate of drug-likeness (QED) is 0.136. The fraction of sp³-hybridized carbons (Fsp3) is 0.462. The van der Waals surface area contributed by atoms with Gasteiger partial charge in [-0.05, 0) is 60.1 Å². The molecule has 0 radical (unpaired) electrons. The molecule has 1 saturated heterocycles. The summed E-state index contributed by atoms with van der Waals surface area (Å²) in [5, 5.41) is 17.6. The summed E-state index contributed by atoms with van der Waals surface area (Å²) in [4.78, 5) is 15.9. The van der Waals surface area contributed by atoms with Crippen molar-refractivity contribution in [1.29, 1.82) is 0 Å². The number of ether oxygens (including phenoxy) is 2. The Hall–Kier alpha value is -3.60. The zero-order chi connectivity index (χ0) is 30.4. The fourth-order valence-electron chi connectivity index (χ4n) is 4.73. The minimum Gasteiger partial charge on any atom is -0.493 e. The van der Waals surface area contributed by atoms with E-state index >= 15 is 0 Å². The van der Waals surface area contributed by atoms with E-state index in [-0.39, 0.29) is 30.0 Å². The smallest absolute Gasteiger partial charge is 0.416 e. The molecule has 42 heavy (non-hydrogen) atoms. The highest BCUT2D eigenvalue weighted by atomic mass is 32.2. The number of benzene rings is 2. The third-order valence-corrected chi connectivity index (χ3v) is 9.66. The molecule has 1 aliphatic heterocycles. The lowest BCUT2D eigenvalue weighted by Gasteiger charge is -2.39. The number of nitrogens with one attached hydrogen (secondary N) is 1. The van der Waals surface area contributed by atoms with Crippen molar-refractivity contribution in [2.24, 2.45) is 0 Å². The molecule has 16 heteroatoms. The summed E-state index contributed by atoms with van der Waals surface area (Å²) in [7, 11) is -2.59. The number of methoxy groups -OCH3 is 1. The Bertz CT molecular complexity index is 1460. The highest BCUT2D eigenvalue weighted by Gasteiger charge is 2.52. The first-order valence-electron chi connectivity index (χ1n) is 13.1. The van der Waals surface area contributed by atoms with E-state index in [0.29, 0.717) is 45.0 Å². The molecule has 0 bridgehead atoms. The van der Waals surface area contributed by atoms with Gasteiger partial charge in [-0.2, -0.15) is 13.2 Å². The van der Waals surface area contributed by atoms with Gasteiger partial charge < -0.3 is 14.4 Å². The zero-order valence-electron chi connectivity index (χ0n) is 22.8. The first kappa shape index (κ1) is 31.3. The summed E-state index contributed by atoms with van der Waals surface area (Å²) in [5.41, 5.74) is 0.975. The van der Waals surface area contributed by atoms with E-state index in [9.17, 15) is 31.6 Å². The van der Waals surface area contributed by atoms with Crippen LogP contribution in [-0.4, -0.2) is 84.2 Å². The number of aromatic nitrogens is 4. The van der Waals surface area contributed by atoms with Crippen LogP contribution in [-0.2, 0) is 32.1 Å². The summed E-state index contributed by atoms with van der Waals surface area (Å²) in [5.74, 6) is -0.563. The maximum Gasteiger partial charge on any atom is 0.416 e. The Balaban J connectivity index is 1.33. The van der Waals surface area contributed by atoms with E-state index < -0.39 is 32.2 Å². The molecule has 0 atom stereocenters. The summed E-state index contributed by atoms with van der Waals surface area (Å²) in [6, 6.07) is 10.4. The number of carbonyl (C=O) groups excluding carboxylic acids is 1. The average molecular weight is 614 g/mol. The molecular formula is C26H32F3N6O6S+. The van der Waals surface area contributed by atoms with Crippen LogP contribution < -0.4 is 14.9 Å². The number of piperidine rings is 1. The number of halogens is 3. The molecular weight excluding hydrogens is 581 g/mol. The molecule has 1 aromatic heterocycles. The summed E-state index contributed by atoms with van der Waals surface area (Å²) in [6.07, 6.45) is -2.68. The van der Waals surface area contributed by atoms with Crippen LogP contribution in [0.15, 0.2) is 59.8 Å². The Morgan fingerprint density at radius 3 is 2.48 bits per heavy atom. The van der Waals surface area contributed by atoms with Crippen molar-refractivity contribution in [2.75, 3.05) is 40.0 Å². The number of hydrogen-bond acceptors (Lipinski definition) is 9. The van der Waals surface area contributed by atoms with E-state index in [4.69, 9.17) is 9.47 Å². The second-order valence-corrected chi connectivity index (χ2v) is 12.0. The standard InChI is InChI=1S/C26H31F3N6O6S/c1-40-17-15-33-13-10-25(11-14-33,24(36)31-37)42(38,39)23-8-6-22(7-9-23)41-16-3-12-35-30-19-34(32-35)21-5-2-4-20(18-21)26(27,28)29/h2,4-9,18-19H,3,10-17H2,1H3,(H-,30,31,32,36,37)/p+1. The fourth-order valence-corrected chi connectivity index (χ4v) is 6.68. The lowest BCUT2D eigenvalue weighted by Crippen LogP contribution is -2.57. The van der Waals surface area contributed by atoms with Gasteiger partial charge in [0, 0.05) is 33.2 Å².